The molecule has 5 nitrogen and oxygen atoms in total. The molecule has 1 aromatic heterocycles. The van der Waals surface area contributed by atoms with Crippen LogP contribution in [0.25, 0.3) is 10.9 Å². The minimum absolute atomic E-state index is 0.147. The van der Waals surface area contributed by atoms with E-state index in [2.05, 4.69) is 15.6 Å². The van der Waals surface area contributed by atoms with Crippen LogP contribution >= 0.6 is 0 Å². The molecule has 1 unspecified atom stereocenters. The van der Waals surface area contributed by atoms with E-state index in [1.807, 2.05) is 32.0 Å². The highest BCUT2D eigenvalue weighted by molar-refractivity contribution is 5.90. The lowest BCUT2D eigenvalue weighted by Gasteiger charge is -2.16. The van der Waals surface area contributed by atoms with Crippen molar-refractivity contribution in [1.82, 2.24) is 10.3 Å². The Morgan fingerprint density at radius 2 is 1.96 bits per heavy atom. The maximum Gasteiger partial charge on any atom is 0.224 e. The van der Waals surface area contributed by atoms with E-state index in [1.165, 1.54) is 19.1 Å². The molecule has 0 radical (unpaired) electrons. The summed E-state index contributed by atoms with van der Waals surface area (Å²) < 4.78 is 13.6. The Morgan fingerprint density at radius 3 is 2.70 bits per heavy atom. The van der Waals surface area contributed by atoms with Crippen LogP contribution in [0.2, 0.25) is 0 Å². The van der Waals surface area contributed by atoms with Crippen molar-refractivity contribution in [3.8, 4) is 0 Å². The Balaban J connectivity index is 1.74. The third-order valence-electron chi connectivity index (χ3n) is 4.50. The Kier molecular flexibility index (Phi) is 5.26. The fourth-order valence-electron chi connectivity index (χ4n) is 3.21. The molecule has 6 heteroatoms. The van der Waals surface area contributed by atoms with Crippen LogP contribution in [0.5, 0.6) is 0 Å². The first kappa shape index (κ1) is 18.6. The number of fused-ring (bicyclic) bond motifs is 1. The van der Waals surface area contributed by atoms with Crippen molar-refractivity contribution >= 4 is 28.4 Å². The molecule has 0 aliphatic rings. The van der Waals surface area contributed by atoms with Crippen LogP contribution in [0, 0.1) is 12.7 Å². The smallest absolute Gasteiger partial charge is 0.224 e. The molecule has 0 aliphatic heterocycles. The fourth-order valence-corrected chi connectivity index (χ4v) is 3.21. The highest BCUT2D eigenvalue weighted by Crippen LogP contribution is 2.24. The van der Waals surface area contributed by atoms with E-state index in [9.17, 15) is 14.0 Å². The predicted octanol–water partition coefficient (Wildman–Crippen LogP) is 3.99. The van der Waals surface area contributed by atoms with Crippen LogP contribution in [0.15, 0.2) is 42.5 Å². The van der Waals surface area contributed by atoms with Gasteiger partial charge in [0.15, 0.2) is 0 Å². The van der Waals surface area contributed by atoms with E-state index in [-0.39, 0.29) is 30.1 Å². The van der Waals surface area contributed by atoms with Gasteiger partial charge in [0, 0.05) is 29.2 Å². The van der Waals surface area contributed by atoms with Gasteiger partial charge in [0.25, 0.3) is 0 Å². The Labute approximate surface area is 157 Å². The second-order valence-corrected chi connectivity index (χ2v) is 6.69. The van der Waals surface area contributed by atoms with Crippen molar-refractivity contribution in [3.63, 3.8) is 0 Å². The van der Waals surface area contributed by atoms with Gasteiger partial charge in [0.2, 0.25) is 11.8 Å². The van der Waals surface area contributed by atoms with Crippen molar-refractivity contribution in [3.05, 3.63) is 65.1 Å². The third-order valence-corrected chi connectivity index (χ3v) is 4.50. The van der Waals surface area contributed by atoms with Crippen molar-refractivity contribution in [2.24, 2.45) is 0 Å². The third kappa shape index (κ3) is 4.34. The number of carbonyl (C=O) groups is 2. The van der Waals surface area contributed by atoms with E-state index in [0.29, 0.717) is 5.69 Å². The summed E-state index contributed by atoms with van der Waals surface area (Å²) in [5, 5.41) is 6.42. The Bertz CT molecular complexity index is 1010. The number of carbonyl (C=O) groups excluding carboxylic acids is 2. The average Bonchev–Trinajstić information content (AvgIpc) is 2.89. The molecule has 0 spiro atoms. The lowest BCUT2D eigenvalue weighted by atomic mass is 10.1. The van der Waals surface area contributed by atoms with Crippen LogP contribution in [0.4, 0.5) is 10.1 Å². The molecular formula is C21H22FN3O2. The van der Waals surface area contributed by atoms with Crippen LogP contribution < -0.4 is 10.6 Å². The Hall–Kier alpha value is -3.15. The van der Waals surface area contributed by atoms with Gasteiger partial charge in [0.1, 0.15) is 5.82 Å². The molecule has 2 amide bonds. The van der Waals surface area contributed by atoms with Gasteiger partial charge in [-0.3, -0.25) is 9.59 Å². The van der Waals surface area contributed by atoms with E-state index in [0.717, 1.165) is 27.7 Å². The van der Waals surface area contributed by atoms with Crippen molar-refractivity contribution < 1.29 is 14.0 Å². The second kappa shape index (κ2) is 7.61. The monoisotopic (exact) mass is 367 g/mol. The summed E-state index contributed by atoms with van der Waals surface area (Å²) >= 11 is 0. The quantitative estimate of drug-likeness (QED) is 0.638. The zero-order chi connectivity index (χ0) is 19.6. The minimum atomic E-state index is -0.327. The molecule has 3 N–H and O–H groups in total. The molecule has 0 aliphatic carbocycles. The van der Waals surface area contributed by atoms with Gasteiger partial charge in [-0.15, -0.1) is 0 Å². The number of halogens is 1. The average molecular weight is 367 g/mol. The van der Waals surface area contributed by atoms with Gasteiger partial charge in [-0.1, -0.05) is 12.1 Å². The normalized spacial score (nSPS) is 12.0. The van der Waals surface area contributed by atoms with Gasteiger partial charge < -0.3 is 15.6 Å². The van der Waals surface area contributed by atoms with E-state index >= 15 is 0 Å². The molecule has 0 fully saturated rings. The van der Waals surface area contributed by atoms with Crippen molar-refractivity contribution in [2.75, 3.05) is 5.32 Å². The van der Waals surface area contributed by atoms with Crippen LogP contribution in [-0.4, -0.2) is 16.8 Å². The first-order valence-electron chi connectivity index (χ1n) is 8.77. The molecule has 0 saturated heterocycles. The molecule has 1 heterocycles. The highest BCUT2D eigenvalue weighted by atomic mass is 19.1. The van der Waals surface area contributed by atoms with Crippen LogP contribution in [0.3, 0.4) is 0 Å². The van der Waals surface area contributed by atoms with E-state index < -0.39 is 0 Å². The zero-order valence-corrected chi connectivity index (χ0v) is 15.5. The number of H-pyrrole nitrogens is 1. The van der Waals surface area contributed by atoms with E-state index in [4.69, 9.17) is 0 Å². The number of aromatic nitrogens is 1. The molecule has 1 atom stereocenters. The number of hydrogen-bond donors (Lipinski definition) is 3. The number of rotatable bonds is 5. The molecule has 2 aromatic carbocycles. The van der Waals surface area contributed by atoms with Crippen molar-refractivity contribution in [2.45, 2.75) is 33.2 Å². The number of amides is 2. The summed E-state index contributed by atoms with van der Waals surface area (Å²) in [5.74, 6) is -0.627. The lowest BCUT2D eigenvalue weighted by molar-refractivity contribution is -0.121. The standard InChI is InChI=1S/C21H22FN3O2/c1-12(15-5-4-6-17(9-15)25-14(3)26)24-21(27)11-18-13(2)23-20-8-7-16(22)10-19(18)20/h4-10,12,23H,11H2,1-3H3,(H,24,27)(H,25,26). The summed E-state index contributed by atoms with van der Waals surface area (Å²) in [6.07, 6.45) is 0.158. The molecule has 0 bridgehead atoms. The molecule has 140 valence electrons. The molecular weight excluding hydrogens is 345 g/mol. The van der Waals surface area contributed by atoms with Gasteiger partial charge in [0.05, 0.1) is 12.5 Å². The lowest BCUT2D eigenvalue weighted by Crippen LogP contribution is -2.28. The number of aromatic amines is 1. The van der Waals surface area contributed by atoms with Crippen molar-refractivity contribution in [1.29, 1.82) is 0 Å². The number of hydrogen-bond acceptors (Lipinski definition) is 2. The number of nitrogens with one attached hydrogen (secondary N) is 3. The van der Waals surface area contributed by atoms with Gasteiger partial charge in [-0.05, 0) is 55.3 Å². The maximum absolute atomic E-state index is 13.6. The number of anilines is 1. The summed E-state index contributed by atoms with van der Waals surface area (Å²) in [4.78, 5) is 26.9. The first-order valence-corrected chi connectivity index (χ1v) is 8.77. The summed E-state index contributed by atoms with van der Waals surface area (Å²) in [6.45, 7) is 5.21. The topological polar surface area (TPSA) is 74.0 Å². The molecule has 27 heavy (non-hydrogen) atoms. The first-order chi connectivity index (χ1) is 12.8. The summed E-state index contributed by atoms with van der Waals surface area (Å²) in [7, 11) is 0. The maximum atomic E-state index is 13.6. The zero-order valence-electron chi connectivity index (χ0n) is 15.5. The van der Waals surface area contributed by atoms with E-state index in [1.54, 1.807) is 12.1 Å². The largest absolute Gasteiger partial charge is 0.358 e. The Morgan fingerprint density at radius 1 is 1.19 bits per heavy atom. The fraction of sp³-hybridized carbons (Fsp3) is 0.238. The number of benzene rings is 2. The van der Waals surface area contributed by atoms with Crippen LogP contribution in [-0.2, 0) is 16.0 Å². The molecule has 3 rings (SSSR count). The predicted molar refractivity (Wildman–Crippen MR) is 104 cm³/mol. The van der Waals surface area contributed by atoms with Gasteiger partial charge in [-0.2, -0.15) is 0 Å². The van der Waals surface area contributed by atoms with Gasteiger partial charge >= 0.3 is 0 Å². The van der Waals surface area contributed by atoms with Crippen LogP contribution in [0.1, 0.15) is 36.7 Å². The molecule has 3 aromatic rings. The SMILES string of the molecule is CC(=O)Nc1cccc(C(C)NC(=O)Cc2c(C)[nH]c3ccc(F)cc23)c1. The summed E-state index contributed by atoms with van der Waals surface area (Å²) in [6, 6.07) is 11.6. The number of aryl methyl sites for hydroxylation is 1. The highest BCUT2D eigenvalue weighted by Gasteiger charge is 2.15. The van der Waals surface area contributed by atoms with Gasteiger partial charge in [-0.25, -0.2) is 4.39 Å². The minimum Gasteiger partial charge on any atom is -0.358 e. The summed E-state index contributed by atoms with van der Waals surface area (Å²) in [5.41, 5.74) is 4.03. The second-order valence-electron chi connectivity index (χ2n) is 6.69. The molecule has 0 saturated carbocycles.